The number of amides is 3. The van der Waals surface area contributed by atoms with Crippen molar-refractivity contribution in [2.75, 3.05) is 22.9 Å². The highest BCUT2D eigenvalue weighted by Gasteiger charge is 2.20. The summed E-state index contributed by atoms with van der Waals surface area (Å²) in [7, 11) is 1.71. The molecular weight excluding hydrogens is 497 g/mol. The van der Waals surface area contributed by atoms with Gasteiger partial charge in [-0.15, -0.1) is 24.8 Å². The first-order valence-electron chi connectivity index (χ1n) is 10.1. The van der Waals surface area contributed by atoms with Crippen LogP contribution in [0.3, 0.4) is 0 Å². The zero-order chi connectivity index (χ0) is 24.3. The molecule has 0 radical (unpaired) electrons. The van der Waals surface area contributed by atoms with Gasteiger partial charge < -0.3 is 42.0 Å². The number of hydrogen-bond acceptors (Lipinski definition) is 5. The van der Waals surface area contributed by atoms with Crippen LogP contribution in [0.25, 0.3) is 0 Å². The van der Waals surface area contributed by atoms with E-state index in [0.717, 1.165) is 0 Å². The maximum absolute atomic E-state index is 12.8. The summed E-state index contributed by atoms with van der Waals surface area (Å²) in [5, 5.41) is 15.4. The SMILES string of the molecule is Cc1c(NC(=O)c2[nH]cc(NC(=O)c3cc(N)cn3C)c2C)c[nH]c1C(=O)NCCC(=N)N.Cl.Cl. The molecule has 12 nitrogen and oxygen atoms in total. The van der Waals surface area contributed by atoms with Gasteiger partial charge in [-0.3, -0.25) is 19.8 Å². The Morgan fingerprint density at radius 1 is 0.971 bits per heavy atom. The van der Waals surface area contributed by atoms with Crippen LogP contribution in [0.4, 0.5) is 17.1 Å². The quantitative estimate of drug-likeness (QED) is 0.164. The predicted octanol–water partition coefficient (Wildman–Crippen LogP) is 2.28. The average molecular weight is 526 g/mol. The maximum Gasteiger partial charge on any atom is 0.272 e. The molecule has 0 aliphatic rings. The van der Waals surface area contributed by atoms with Crippen LogP contribution in [0.15, 0.2) is 24.7 Å². The van der Waals surface area contributed by atoms with E-state index < -0.39 is 5.91 Å². The van der Waals surface area contributed by atoms with Crippen LogP contribution in [-0.4, -0.2) is 44.6 Å². The van der Waals surface area contributed by atoms with Gasteiger partial charge in [-0.25, -0.2) is 0 Å². The Balaban J connectivity index is 0.00000306. The number of nitrogens with one attached hydrogen (secondary N) is 6. The number of H-pyrrole nitrogens is 2. The second-order valence-electron chi connectivity index (χ2n) is 7.61. The lowest BCUT2D eigenvalue weighted by atomic mass is 10.2. The topological polar surface area (TPSA) is 200 Å². The molecule has 0 aliphatic carbocycles. The molecule has 3 amide bonds. The third-order valence-electron chi connectivity index (χ3n) is 5.17. The van der Waals surface area contributed by atoms with Crippen LogP contribution in [0.2, 0.25) is 0 Å². The van der Waals surface area contributed by atoms with Gasteiger partial charge in [0.1, 0.15) is 17.1 Å². The van der Waals surface area contributed by atoms with E-state index in [-0.39, 0.29) is 61.1 Å². The van der Waals surface area contributed by atoms with Crippen LogP contribution < -0.4 is 27.4 Å². The lowest BCUT2D eigenvalue weighted by Gasteiger charge is -2.07. The van der Waals surface area contributed by atoms with Crippen LogP contribution >= 0.6 is 24.8 Å². The number of aromatic amines is 2. The summed E-state index contributed by atoms with van der Waals surface area (Å²) < 4.78 is 1.61. The Morgan fingerprint density at radius 2 is 1.49 bits per heavy atom. The van der Waals surface area contributed by atoms with Crippen LogP contribution in [0.5, 0.6) is 0 Å². The normalized spacial score (nSPS) is 10.0. The fraction of sp³-hybridized carbons (Fsp3) is 0.238. The second-order valence-corrected chi connectivity index (χ2v) is 7.61. The molecule has 14 heteroatoms. The van der Waals surface area contributed by atoms with E-state index >= 15 is 0 Å². The number of rotatable bonds is 8. The Bertz CT molecular complexity index is 1240. The zero-order valence-electron chi connectivity index (χ0n) is 19.4. The fourth-order valence-corrected chi connectivity index (χ4v) is 3.31. The van der Waals surface area contributed by atoms with Crippen molar-refractivity contribution in [1.82, 2.24) is 19.9 Å². The summed E-state index contributed by atoms with van der Waals surface area (Å²) in [6.07, 6.45) is 4.94. The van der Waals surface area contributed by atoms with E-state index in [1.165, 1.54) is 12.4 Å². The van der Waals surface area contributed by atoms with Gasteiger partial charge in [-0.1, -0.05) is 0 Å². The average Bonchev–Trinajstić information content (AvgIpc) is 3.39. The standard InChI is InChI=1S/C21H27N9O3.2ClH/c1-10-14(8-26-17(10)20(32)25-5-4-16(23)24)29-21(33)18-11(2)13(7-27-18)28-19(31)15-6-12(22)9-30(15)3;;/h6-9,26-27H,4-5,22H2,1-3H3,(H3,23,24)(H,25,32)(H,28,31)(H,29,33);2*1H. The highest BCUT2D eigenvalue weighted by molar-refractivity contribution is 6.09. The number of amidine groups is 1. The number of aryl methyl sites for hydroxylation is 1. The Morgan fingerprint density at radius 3 is 1.97 bits per heavy atom. The number of anilines is 3. The number of nitrogens with two attached hydrogens (primary N) is 2. The summed E-state index contributed by atoms with van der Waals surface area (Å²) in [6, 6.07) is 1.56. The van der Waals surface area contributed by atoms with Crippen molar-refractivity contribution in [3.8, 4) is 0 Å². The fourth-order valence-electron chi connectivity index (χ4n) is 3.31. The Kier molecular flexibility index (Phi) is 9.98. The van der Waals surface area contributed by atoms with E-state index in [1.54, 1.807) is 37.7 Å². The van der Waals surface area contributed by atoms with Crippen LogP contribution in [0.1, 0.15) is 49.0 Å². The molecule has 3 aromatic heterocycles. The second kappa shape index (κ2) is 12.0. The molecule has 3 aromatic rings. The van der Waals surface area contributed by atoms with Crippen LogP contribution in [-0.2, 0) is 7.05 Å². The molecule has 0 saturated carbocycles. The van der Waals surface area contributed by atoms with Crippen molar-refractivity contribution in [2.24, 2.45) is 12.8 Å². The van der Waals surface area contributed by atoms with E-state index in [2.05, 4.69) is 25.9 Å². The predicted molar refractivity (Wildman–Crippen MR) is 140 cm³/mol. The summed E-state index contributed by atoms with van der Waals surface area (Å²) >= 11 is 0. The van der Waals surface area contributed by atoms with Gasteiger partial charge in [0.2, 0.25) is 0 Å². The highest BCUT2D eigenvalue weighted by Crippen LogP contribution is 2.23. The minimum Gasteiger partial charge on any atom is -0.397 e. The third-order valence-corrected chi connectivity index (χ3v) is 5.17. The largest absolute Gasteiger partial charge is 0.397 e. The van der Waals surface area contributed by atoms with Gasteiger partial charge in [-0.2, -0.15) is 0 Å². The highest BCUT2D eigenvalue weighted by atomic mass is 35.5. The smallest absolute Gasteiger partial charge is 0.272 e. The summed E-state index contributed by atoms with van der Waals surface area (Å²) in [4.78, 5) is 43.4. The number of hydrogen-bond donors (Lipinski definition) is 8. The number of nitrogens with zero attached hydrogens (tertiary/aromatic N) is 1. The number of halogens is 2. The Hall–Kier alpha value is -3.90. The first-order chi connectivity index (χ1) is 15.6. The van der Waals surface area contributed by atoms with Crippen molar-refractivity contribution < 1.29 is 14.4 Å². The molecule has 190 valence electrons. The van der Waals surface area contributed by atoms with Crippen molar-refractivity contribution in [1.29, 1.82) is 5.41 Å². The molecule has 0 aromatic carbocycles. The van der Waals surface area contributed by atoms with Gasteiger partial charge in [0.15, 0.2) is 0 Å². The van der Waals surface area contributed by atoms with E-state index in [9.17, 15) is 14.4 Å². The van der Waals surface area contributed by atoms with Gasteiger partial charge in [0.25, 0.3) is 17.7 Å². The maximum atomic E-state index is 12.8. The van der Waals surface area contributed by atoms with Crippen molar-refractivity contribution in [3.63, 3.8) is 0 Å². The molecule has 0 atom stereocenters. The minimum absolute atomic E-state index is 0. The Labute approximate surface area is 213 Å². The molecular formula is C21H29Cl2N9O3. The van der Waals surface area contributed by atoms with Crippen molar-refractivity contribution >= 4 is 65.4 Å². The van der Waals surface area contributed by atoms with Crippen molar-refractivity contribution in [3.05, 3.63) is 52.9 Å². The molecule has 3 rings (SSSR count). The lowest BCUT2D eigenvalue weighted by molar-refractivity contribution is 0.0948. The first-order valence-corrected chi connectivity index (χ1v) is 10.1. The first kappa shape index (κ1) is 29.1. The minimum atomic E-state index is -0.429. The van der Waals surface area contributed by atoms with E-state index in [1.807, 2.05) is 0 Å². The monoisotopic (exact) mass is 525 g/mol. The number of aromatic nitrogens is 3. The third kappa shape index (κ3) is 6.58. The molecule has 35 heavy (non-hydrogen) atoms. The van der Waals surface area contributed by atoms with E-state index in [0.29, 0.717) is 39.6 Å². The van der Waals surface area contributed by atoms with Gasteiger partial charge >= 0.3 is 0 Å². The van der Waals surface area contributed by atoms with Crippen molar-refractivity contribution in [2.45, 2.75) is 20.3 Å². The molecule has 0 aliphatic heterocycles. The molecule has 0 spiro atoms. The summed E-state index contributed by atoms with van der Waals surface area (Å²) in [5.41, 5.74) is 14.4. The number of carbonyl (C=O) groups is 3. The molecule has 0 bridgehead atoms. The zero-order valence-corrected chi connectivity index (χ0v) is 21.0. The molecule has 10 N–H and O–H groups in total. The number of nitrogen functional groups attached to an aromatic ring is 1. The molecule has 3 heterocycles. The van der Waals surface area contributed by atoms with E-state index in [4.69, 9.17) is 16.9 Å². The molecule has 0 fully saturated rings. The number of carbonyl (C=O) groups excluding carboxylic acids is 3. The van der Waals surface area contributed by atoms with Crippen LogP contribution in [0, 0.1) is 19.3 Å². The van der Waals surface area contributed by atoms with Gasteiger partial charge in [0, 0.05) is 49.7 Å². The van der Waals surface area contributed by atoms with Gasteiger partial charge in [0.05, 0.1) is 22.9 Å². The summed E-state index contributed by atoms with van der Waals surface area (Å²) in [5.74, 6) is -1.17. The summed E-state index contributed by atoms with van der Waals surface area (Å²) in [6.45, 7) is 3.64. The lowest BCUT2D eigenvalue weighted by Crippen LogP contribution is -2.28. The van der Waals surface area contributed by atoms with Gasteiger partial charge in [-0.05, 0) is 19.9 Å². The molecule has 0 unspecified atom stereocenters. The molecule has 0 saturated heterocycles.